The molecule has 6 heteroatoms. The van der Waals surface area contributed by atoms with Gasteiger partial charge in [0.25, 0.3) is 5.91 Å². The fraction of sp³-hybridized carbons (Fsp3) is 0.318. The third kappa shape index (κ3) is 4.28. The van der Waals surface area contributed by atoms with E-state index in [-0.39, 0.29) is 11.9 Å². The average molecular weight is 377 g/mol. The maximum absolute atomic E-state index is 12.7. The molecule has 3 aromatic rings. The summed E-state index contributed by atoms with van der Waals surface area (Å²) in [6, 6.07) is 13.9. The van der Waals surface area contributed by atoms with E-state index in [1.807, 2.05) is 69.6 Å². The van der Waals surface area contributed by atoms with Gasteiger partial charge in [-0.15, -0.1) is 0 Å². The van der Waals surface area contributed by atoms with E-state index >= 15 is 0 Å². The summed E-state index contributed by atoms with van der Waals surface area (Å²) in [7, 11) is 3.94. The zero-order valence-electron chi connectivity index (χ0n) is 17.1. The Balaban J connectivity index is 1.72. The number of aryl methyl sites for hydroxylation is 2. The van der Waals surface area contributed by atoms with Crippen molar-refractivity contribution < 1.29 is 4.79 Å². The molecular formula is C22H27N5O. The van der Waals surface area contributed by atoms with Crippen molar-refractivity contribution in [2.45, 2.75) is 33.4 Å². The van der Waals surface area contributed by atoms with Crippen LogP contribution in [0.5, 0.6) is 0 Å². The number of anilines is 1. The third-order valence-electron chi connectivity index (χ3n) is 5.15. The second-order valence-corrected chi connectivity index (χ2v) is 7.17. The SMILES string of the molecule is Cc1nn(C)c(C)c1NC(=O)c1cccc(CN(C)[C@@H](C)c2ccccn2)c1. The number of hydrogen-bond donors (Lipinski definition) is 1. The van der Waals surface area contributed by atoms with Crippen molar-refractivity contribution >= 4 is 11.6 Å². The first kappa shape index (κ1) is 19.8. The van der Waals surface area contributed by atoms with E-state index < -0.39 is 0 Å². The highest BCUT2D eigenvalue weighted by molar-refractivity contribution is 6.05. The van der Waals surface area contributed by atoms with E-state index in [1.54, 1.807) is 4.68 Å². The number of hydrogen-bond acceptors (Lipinski definition) is 4. The Morgan fingerprint density at radius 2 is 2.00 bits per heavy atom. The summed E-state index contributed by atoms with van der Waals surface area (Å²) in [5.41, 5.74) is 5.27. The van der Waals surface area contributed by atoms with Crippen molar-refractivity contribution in [3.63, 3.8) is 0 Å². The van der Waals surface area contributed by atoms with E-state index in [1.165, 1.54) is 0 Å². The minimum absolute atomic E-state index is 0.124. The van der Waals surface area contributed by atoms with Gasteiger partial charge in [0.05, 0.1) is 22.8 Å². The van der Waals surface area contributed by atoms with Gasteiger partial charge in [-0.3, -0.25) is 19.4 Å². The van der Waals surface area contributed by atoms with Crippen molar-refractivity contribution in [2.24, 2.45) is 7.05 Å². The molecule has 3 rings (SSSR count). The zero-order chi connectivity index (χ0) is 20.3. The Morgan fingerprint density at radius 1 is 1.21 bits per heavy atom. The molecule has 1 atom stereocenters. The molecule has 1 N–H and O–H groups in total. The van der Waals surface area contributed by atoms with Crippen LogP contribution >= 0.6 is 0 Å². The van der Waals surface area contributed by atoms with Gasteiger partial charge in [0.15, 0.2) is 0 Å². The van der Waals surface area contributed by atoms with Crippen molar-refractivity contribution in [1.29, 1.82) is 0 Å². The Labute approximate surface area is 166 Å². The lowest BCUT2D eigenvalue weighted by Gasteiger charge is -2.24. The number of nitrogens with zero attached hydrogens (tertiary/aromatic N) is 4. The van der Waals surface area contributed by atoms with Gasteiger partial charge in [-0.1, -0.05) is 18.2 Å². The summed E-state index contributed by atoms with van der Waals surface area (Å²) < 4.78 is 1.77. The highest BCUT2D eigenvalue weighted by atomic mass is 16.1. The third-order valence-corrected chi connectivity index (χ3v) is 5.15. The van der Waals surface area contributed by atoms with Crippen molar-refractivity contribution in [3.05, 3.63) is 76.9 Å². The molecule has 6 nitrogen and oxygen atoms in total. The van der Waals surface area contributed by atoms with Crippen molar-refractivity contribution in [2.75, 3.05) is 12.4 Å². The lowest BCUT2D eigenvalue weighted by Crippen LogP contribution is -2.23. The van der Waals surface area contributed by atoms with Gasteiger partial charge < -0.3 is 5.32 Å². The lowest BCUT2D eigenvalue weighted by atomic mass is 10.1. The largest absolute Gasteiger partial charge is 0.319 e. The van der Waals surface area contributed by atoms with Gasteiger partial charge >= 0.3 is 0 Å². The molecule has 1 aromatic carbocycles. The monoisotopic (exact) mass is 377 g/mol. The van der Waals surface area contributed by atoms with Gasteiger partial charge in [0.2, 0.25) is 0 Å². The predicted molar refractivity (Wildman–Crippen MR) is 111 cm³/mol. The molecule has 0 unspecified atom stereocenters. The maximum atomic E-state index is 12.7. The van der Waals surface area contributed by atoms with E-state index in [0.29, 0.717) is 5.56 Å². The summed E-state index contributed by atoms with van der Waals surface area (Å²) in [4.78, 5) is 19.4. The molecule has 0 aliphatic carbocycles. The average Bonchev–Trinajstić information content (AvgIpc) is 2.94. The highest BCUT2D eigenvalue weighted by Crippen LogP contribution is 2.21. The minimum Gasteiger partial charge on any atom is -0.319 e. The van der Waals surface area contributed by atoms with E-state index in [9.17, 15) is 4.79 Å². The highest BCUT2D eigenvalue weighted by Gasteiger charge is 2.16. The summed E-state index contributed by atoms with van der Waals surface area (Å²) in [6.07, 6.45) is 1.81. The smallest absolute Gasteiger partial charge is 0.255 e. The second kappa shape index (κ2) is 8.35. The standard InChI is InChI=1S/C22H27N5O/c1-15-21(17(3)27(5)25-15)24-22(28)19-10-8-9-18(13-19)14-26(4)16(2)20-11-6-7-12-23-20/h6-13,16H,14H2,1-5H3,(H,24,28)/t16-/m0/s1. The van der Waals surface area contributed by atoms with Crippen LogP contribution in [0.2, 0.25) is 0 Å². The van der Waals surface area contributed by atoms with E-state index in [0.717, 1.165) is 34.9 Å². The van der Waals surface area contributed by atoms with Crippen LogP contribution in [0.3, 0.4) is 0 Å². The van der Waals surface area contributed by atoms with Crippen LogP contribution in [0.1, 0.15) is 46.0 Å². The van der Waals surface area contributed by atoms with Crippen LogP contribution in [0.4, 0.5) is 5.69 Å². The minimum atomic E-state index is -0.124. The fourth-order valence-electron chi connectivity index (χ4n) is 3.22. The zero-order valence-corrected chi connectivity index (χ0v) is 17.1. The van der Waals surface area contributed by atoms with Crippen LogP contribution < -0.4 is 5.32 Å². The number of nitrogens with one attached hydrogen (secondary N) is 1. The summed E-state index contributed by atoms with van der Waals surface area (Å²) in [5, 5.41) is 7.35. The molecule has 146 valence electrons. The number of aromatic nitrogens is 3. The van der Waals surface area contributed by atoms with Crippen LogP contribution in [0.25, 0.3) is 0 Å². The quantitative estimate of drug-likeness (QED) is 0.708. The number of rotatable bonds is 6. The number of pyridine rings is 1. The molecule has 28 heavy (non-hydrogen) atoms. The Hall–Kier alpha value is -2.99. The number of carbonyl (C=O) groups excluding carboxylic acids is 1. The Bertz CT molecular complexity index is 964. The molecule has 2 heterocycles. The molecule has 0 spiro atoms. The van der Waals surface area contributed by atoms with Crippen LogP contribution in [0.15, 0.2) is 48.7 Å². The number of carbonyl (C=O) groups is 1. The molecular weight excluding hydrogens is 350 g/mol. The van der Waals surface area contributed by atoms with Gasteiger partial charge in [-0.2, -0.15) is 5.10 Å². The molecule has 2 aromatic heterocycles. The van der Waals surface area contributed by atoms with Gasteiger partial charge in [-0.05, 0) is 57.6 Å². The van der Waals surface area contributed by atoms with Gasteiger partial charge in [-0.25, -0.2) is 0 Å². The first-order chi connectivity index (χ1) is 13.4. The topological polar surface area (TPSA) is 63.1 Å². The van der Waals surface area contributed by atoms with Crippen LogP contribution in [-0.2, 0) is 13.6 Å². The maximum Gasteiger partial charge on any atom is 0.255 e. The predicted octanol–water partition coefficient (Wildman–Crippen LogP) is 3.88. The summed E-state index contributed by atoms with van der Waals surface area (Å²) in [5.74, 6) is -0.124. The molecule has 0 fully saturated rings. The van der Waals surface area contributed by atoms with Crippen molar-refractivity contribution in [3.8, 4) is 0 Å². The number of amides is 1. The van der Waals surface area contributed by atoms with Crippen molar-refractivity contribution in [1.82, 2.24) is 19.7 Å². The fourth-order valence-corrected chi connectivity index (χ4v) is 3.22. The first-order valence-corrected chi connectivity index (χ1v) is 9.38. The molecule has 0 aliphatic rings. The number of benzene rings is 1. The Kier molecular flexibility index (Phi) is 5.90. The van der Waals surface area contributed by atoms with E-state index in [2.05, 4.69) is 34.3 Å². The first-order valence-electron chi connectivity index (χ1n) is 9.38. The van der Waals surface area contributed by atoms with Crippen LogP contribution in [-0.4, -0.2) is 32.6 Å². The van der Waals surface area contributed by atoms with Crippen LogP contribution in [0, 0.1) is 13.8 Å². The summed E-state index contributed by atoms with van der Waals surface area (Å²) in [6.45, 7) is 6.70. The molecule has 0 saturated heterocycles. The van der Waals surface area contributed by atoms with Gasteiger partial charge in [0, 0.05) is 31.4 Å². The molecule has 0 radical (unpaired) electrons. The second-order valence-electron chi connectivity index (χ2n) is 7.17. The Morgan fingerprint density at radius 3 is 2.64 bits per heavy atom. The molecule has 0 bridgehead atoms. The normalized spacial score (nSPS) is 12.2. The van der Waals surface area contributed by atoms with Gasteiger partial charge in [0.1, 0.15) is 0 Å². The van der Waals surface area contributed by atoms with E-state index in [4.69, 9.17) is 0 Å². The molecule has 0 saturated carbocycles. The molecule has 1 amide bonds. The summed E-state index contributed by atoms with van der Waals surface area (Å²) >= 11 is 0. The molecule has 0 aliphatic heterocycles. The lowest BCUT2D eigenvalue weighted by molar-refractivity contribution is 0.102.